The zero-order valence-corrected chi connectivity index (χ0v) is 9.91. The molecule has 1 saturated heterocycles. The Hall–Kier alpha value is -0.830. The van der Waals surface area contributed by atoms with Crippen LogP contribution >= 0.6 is 11.6 Å². The number of halogens is 1. The lowest BCUT2D eigenvalue weighted by molar-refractivity contribution is 0.489. The van der Waals surface area contributed by atoms with Crippen molar-refractivity contribution in [2.24, 2.45) is 5.92 Å². The maximum Gasteiger partial charge on any atom is 0.224 e. The normalized spacial score (nSPS) is 21.3. The first-order valence-electron chi connectivity index (χ1n) is 5.43. The van der Waals surface area contributed by atoms with E-state index in [0.717, 1.165) is 12.4 Å². The Morgan fingerprint density at radius 1 is 1.53 bits per heavy atom. The first-order chi connectivity index (χ1) is 7.18. The lowest BCUT2D eigenvalue weighted by Crippen LogP contribution is -2.33. The SMILES string of the molecule is CC(C)C1CCCN1c1ccnc(Cl)n1. The van der Waals surface area contributed by atoms with E-state index < -0.39 is 0 Å². The molecule has 1 atom stereocenters. The lowest BCUT2D eigenvalue weighted by Gasteiger charge is -2.28. The van der Waals surface area contributed by atoms with E-state index in [0.29, 0.717) is 17.2 Å². The highest BCUT2D eigenvalue weighted by Gasteiger charge is 2.27. The fraction of sp³-hybridized carbons (Fsp3) is 0.636. The predicted octanol–water partition coefficient (Wildman–Crippen LogP) is 2.75. The summed E-state index contributed by atoms with van der Waals surface area (Å²) in [4.78, 5) is 10.5. The van der Waals surface area contributed by atoms with Gasteiger partial charge in [-0.3, -0.25) is 0 Å². The third-order valence-corrected chi connectivity index (χ3v) is 3.16. The van der Waals surface area contributed by atoms with Gasteiger partial charge in [0, 0.05) is 18.8 Å². The fourth-order valence-corrected chi connectivity index (χ4v) is 2.40. The molecule has 2 rings (SSSR count). The van der Waals surface area contributed by atoms with Crippen molar-refractivity contribution >= 4 is 17.4 Å². The minimum absolute atomic E-state index is 0.335. The molecule has 1 aromatic rings. The number of aromatic nitrogens is 2. The number of hydrogen-bond donors (Lipinski definition) is 0. The third-order valence-electron chi connectivity index (χ3n) is 2.97. The molecular weight excluding hydrogens is 210 g/mol. The summed E-state index contributed by atoms with van der Waals surface area (Å²) in [6.45, 7) is 5.59. The van der Waals surface area contributed by atoms with E-state index >= 15 is 0 Å². The van der Waals surface area contributed by atoms with Gasteiger partial charge in [-0.15, -0.1) is 0 Å². The van der Waals surface area contributed by atoms with Crippen LogP contribution in [0.4, 0.5) is 5.82 Å². The van der Waals surface area contributed by atoms with E-state index in [2.05, 4.69) is 28.7 Å². The molecule has 1 aliphatic heterocycles. The average Bonchev–Trinajstić information content (AvgIpc) is 2.65. The first kappa shape index (κ1) is 10.7. The molecule has 4 heteroatoms. The molecule has 0 radical (unpaired) electrons. The van der Waals surface area contributed by atoms with E-state index in [1.807, 2.05) is 6.07 Å². The molecule has 0 aliphatic carbocycles. The van der Waals surface area contributed by atoms with E-state index in [1.165, 1.54) is 12.8 Å². The van der Waals surface area contributed by atoms with Crippen LogP contribution in [0.1, 0.15) is 26.7 Å². The molecule has 15 heavy (non-hydrogen) atoms. The summed E-state index contributed by atoms with van der Waals surface area (Å²) in [5, 5.41) is 0.335. The molecule has 0 spiro atoms. The van der Waals surface area contributed by atoms with E-state index in [9.17, 15) is 0 Å². The topological polar surface area (TPSA) is 29.0 Å². The van der Waals surface area contributed by atoms with Gasteiger partial charge in [0.25, 0.3) is 0 Å². The predicted molar refractivity (Wildman–Crippen MR) is 62.2 cm³/mol. The van der Waals surface area contributed by atoms with Crippen molar-refractivity contribution in [1.29, 1.82) is 0 Å². The van der Waals surface area contributed by atoms with Crippen molar-refractivity contribution in [3.8, 4) is 0 Å². The van der Waals surface area contributed by atoms with Crippen LogP contribution in [0.25, 0.3) is 0 Å². The molecule has 1 fully saturated rings. The minimum Gasteiger partial charge on any atom is -0.353 e. The molecule has 0 aromatic carbocycles. The summed E-state index contributed by atoms with van der Waals surface area (Å²) >= 11 is 5.80. The van der Waals surface area contributed by atoms with Crippen LogP contribution in [-0.2, 0) is 0 Å². The van der Waals surface area contributed by atoms with Gasteiger partial charge in [0.05, 0.1) is 0 Å². The van der Waals surface area contributed by atoms with Gasteiger partial charge in [0.15, 0.2) is 0 Å². The molecule has 0 bridgehead atoms. The number of anilines is 1. The molecule has 0 saturated carbocycles. The van der Waals surface area contributed by atoms with Crippen molar-refractivity contribution in [2.75, 3.05) is 11.4 Å². The molecule has 1 aliphatic rings. The van der Waals surface area contributed by atoms with Crippen LogP contribution in [0, 0.1) is 5.92 Å². The number of hydrogen-bond acceptors (Lipinski definition) is 3. The van der Waals surface area contributed by atoms with Gasteiger partial charge < -0.3 is 4.90 Å². The lowest BCUT2D eigenvalue weighted by atomic mass is 10.0. The molecule has 1 unspecified atom stereocenters. The van der Waals surface area contributed by atoms with Crippen molar-refractivity contribution < 1.29 is 0 Å². The molecule has 1 aromatic heterocycles. The van der Waals surface area contributed by atoms with Gasteiger partial charge >= 0.3 is 0 Å². The summed E-state index contributed by atoms with van der Waals surface area (Å²) in [6.07, 6.45) is 4.21. The van der Waals surface area contributed by atoms with Gasteiger partial charge in [0.1, 0.15) is 5.82 Å². The fourth-order valence-electron chi connectivity index (χ4n) is 2.26. The Morgan fingerprint density at radius 2 is 2.33 bits per heavy atom. The van der Waals surface area contributed by atoms with Crippen molar-refractivity contribution in [1.82, 2.24) is 9.97 Å². The van der Waals surface area contributed by atoms with Crippen LogP contribution in [0.2, 0.25) is 5.28 Å². The van der Waals surface area contributed by atoms with Crippen LogP contribution in [0.3, 0.4) is 0 Å². The molecule has 82 valence electrons. The highest BCUT2D eigenvalue weighted by Crippen LogP contribution is 2.28. The summed E-state index contributed by atoms with van der Waals surface area (Å²) in [5.41, 5.74) is 0. The van der Waals surface area contributed by atoms with Crippen molar-refractivity contribution in [3.63, 3.8) is 0 Å². The second-order valence-electron chi connectivity index (χ2n) is 4.33. The average molecular weight is 226 g/mol. The molecule has 0 N–H and O–H groups in total. The Labute approximate surface area is 95.5 Å². The molecule has 3 nitrogen and oxygen atoms in total. The summed E-state index contributed by atoms with van der Waals surface area (Å²) in [6, 6.07) is 2.53. The highest BCUT2D eigenvalue weighted by molar-refractivity contribution is 6.28. The van der Waals surface area contributed by atoms with E-state index in [1.54, 1.807) is 6.20 Å². The highest BCUT2D eigenvalue weighted by atomic mass is 35.5. The van der Waals surface area contributed by atoms with Gasteiger partial charge in [-0.25, -0.2) is 9.97 Å². The van der Waals surface area contributed by atoms with Crippen LogP contribution in [-0.4, -0.2) is 22.6 Å². The van der Waals surface area contributed by atoms with Crippen molar-refractivity contribution in [3.05, 3.63) is 17.5 Å². The molecular formula is C11H16ClN3. The van der Waals surface area contributed by atoms with Gasteiger partial charge in [0.2, 0.25) is 5.28 Å². The Balaban J connectivity index is 2.22. The van der Waals surface area contributed by atoms with Crippen LogP contribution < -0.4 is 4.90 Å². The van der Waals surface area contributed by atoms with Gasteiger partial charge in [-0.2, -0.15) is 0 Å². The second kappa shape index (κ2) is 4.35. The van der Waals surface area contributed by atoms with Crippen LogP contribution in [0.15, 0.2) is 12.3 Å². The smallest absolute Gasteiger partial charge is 0.224 e. The number of rotatable bonds is 2. The van der Waals surface area contributed by atoms with Gasteiger partial charge in [-0.05, 0) is 36.4 Å². The first-order valence-corrected chi connectivity index (χ1v) is 5.81. The Bertz CT molecular complexity index is 340. The zero-order valence-electron chi connectivity index (χ0n) is 9.15. The Morgan fingerprint density at radius 3 is 3.00 bits per heavy atom. The summed E-state index contributed by atoms with van der Waals surface area (Å²) in [5.74, 6) is 1.62. The van der Waals surface area contributed by atoms with E-state index in [-0.39, 0.29) is 0 Å². The second-order valence-corrected chi connectivity index (χ2v) is 4.67. The monoisotopic (exact) mass is 225 g/mol. The minimum atomic E-state index is 0.335. The largest absolute Gasteiger partial charge is 0.353 e. The number of nitrogens with zero attached hydrogens (tertiary/aromatic N) is 3. The quantitative estimate of drug-likeness (QED) is 0.725. The third kappa shape index (κ3) is 2.23. The molecule has 0 amide bonds. The summed E-state index contributed by atoms with van der Waals surface area (Å²) in [7, 11) is 0. The van der Waals surface area contributed by atoms with E-state index in [4.69, 9.17) is 11.6 Å². The van der Waals surface area contributed by atoms with Crippen molar-refractivity contribution in [2.45, 2.75) is 32.7 Å². The van der Waals surface area contributed by atoms with Gasteiger partial charge in [-0.1, -0.05) is 13.8 Å². The maximum atomic E-state index is 5.80. The summed E-state index contributed by atoms with van der Waals surface area (Å²) < 4.78 is 0. The van der Waals surface area contributed by atoms with Crippen LogP contribution in [0.5, 0.6) is 0 Å². The Kier molecular flexibility index (Phi) is 3.10. The maximum absolute atomic E-state index is 5.80. The zero-order chi connectivity index (χ0) is 10.8. The molecule has 2 heterocycles. The standard InChI is InChI=1S/C11H16ClN3/c1-8(2)9-4-3-7-15(9)10-5-6-13-11(12)14-10/h5-6,8-9H,3-4,7H2,1-2H3.